The van der Waals surface area contributed by atoms with Crippen molar-refractivity contribution in [2.24, 2.45) is 0 Å². The quantitative estimate of drug-likeness (QED) is 0.584. The number of carbonyl (C=O) groups excluding carboxylic acids is 1. The van der Waals surface area contributed by atoms with Gasteiger partial charge in [0.1, 0.15) is 12.0 Å². The molecule has 1 atom stereocenters. The number of aromatic nitrogens is 1. The molecule has 0 aliphatic rings. The van der Waals surface area contributed by atoms with E-state index in [1.807, 2.05) is 62.4 Å². The average molecular weight is 393 g/mol. The molecule has 0 saturated carbocycles. The summed E-state index contributed by atoms with van der Waals surface area (Å²) in [4.78, 5) is 16.8. The molecule has 2 aromatic carbocycles. The number of methoxy groups -OCH3 is 1. The van der Waals surface area contributed by atoms with E-state index in [2.05, 4.69) is 15.6 Å². The number of benzene rings is 2. The van der Waals surface area contributed by atoms with Crippen LogP contribution in [0.1, 0.15) is 36.2 Å². The fourth-order valence-electron chi connectivity index (χ4n) is 3.02. The number of hydrogen-bond donors (Lipinski definition) is 2. The van der Waals surface area contributed by atoms with Gasteiger partial charge in [-0.05, 0) is 43.2 Å². The number of carbonyl (C=O) groups is 1. The molecule has 0 radical (unpaired) electrons. The summed E-state index contributed by atoms with van der Waals surface area (Å²) in [6.07, 6.45) is 3.03. The number of ether oxygens (including phenoxy) is 1. The molecule has 0 aliphatic carbocycles. The van der Waals surface area contributed by atoms with Crippen LogP contribution in [0.2, 0.25) is 0 Å². The molecule has 0 spiro atoms. The molecular formula is C23H27N3O3. The molecule has 29 heavy (non-hydrogen) atoms. The predicted molar refractivity (Wildman–Crippen MR) is 113 cm³/mol. The Morgan fingerprint density at radius 2 is 1.86 bits per heavy atom. The van der Waals surface area contributed by atoms with Crippen LogP contribution in [0.25, 0.3) is 11.5 Å². The molecular weight excluding hydrogens is 366 g/mol. The van der Waals surface area contributed by atoms with E-state index in [9.17, 15) is 4.79 Å². The maximum atomic E-state index is 12.3. The van der Waals surface area contributed by atoms with Crippen LogP contribution < -0.4 is 15.4 Å². The van der Waals surface area contributed by atoms with Crippen molar-refractivity contribution in [3.05, 3.63) is 71.6 Å². The van der Waals surface area contributed by atoms with Crippen molar-refractivity contribution in [3.63, 3.8) is 0 Å². The topological polar surface area (TPSA) is 76.4 Å². The average Bonchev–Trinajstić information content (AvgIpc) is 3.21. The first-order valence-corrected chi connectivity index (χ1v) is 9.78. The molecule has 0 saturated heterocycles. The number of amides is 2. The molecule has 2 amide bonds. The Balaban J connectivity index is 1.48. The van der Waals surface area contributed by atoms with Crippen LogP contribution in [0.3, 0.4) is 0 Å². The molecule has 0 bridgehead atoms. The van der Waals surface area contributed by atoms with Crippen LogP contribution in [-0.4, -0.2) is 24.7 Å². The van der Waals surface area contributed by atoms with Crippen molar-refractivity contribution < 1.29 is 13.9 Å². The highest BCUT2D eigenvalue weighted by atomic mass is 16.5. The fourth-order valence-corrected chi connectivity index (χ4v) is 3.02. The SMILES string of the molecule is CC[C@@H](NC(=O)NCCc1coc(-c2ccc(C)cc2)n1)c1ccc(OC)cc1. The highest BCUT2D eigenvalue weighted by Gasteiger charge is 2.13. The largest absolute Gasteiger partial charge is 0.497 e. The lowest BCUT2D eigenvalue weighted by molar-refractivity contribution is 0.237. The van der Waals surface area contributed by atoms with Gasteiger partial charge >= 0.3 is 6.03 Å². The number of rotatable bonds is 8. The molecule has 0 fully saturated rings. The summed E-state index contributed by atoms with van der Waals surface area (Å²) in [5.74, 6) is 1.39. The van der Waals surface area contributed by atoms with Crippen LogP contribution in [0.15, 0.2) is 59.2 Å². The van der Waals surface area contributed by atoms with E-state index in [1.54, 1.807) is 13.4 Å². The Morgan fingerprint density at radius 1 is 1.14 bits per heavy atom. The Labute approximate surface area is 171 Å². The molecule has 3 aromatic rings. The van der Waals surface area contributed by atoms with Gasteiger partial charge in [-0.25, -0.2) is 9.78 Å². The van der Waals surface area contributed by atoms with E-state index in [0.717, 1.165) is 29.0 Å². The summed E-state index contributed by atoms with van der Waals surface area (Å²) in [6.45, 7) is 4.56. The second-order valence-electron chi connectivity index (χ2n) is 6.89. The smallest absolute Gasteiger partial charge is 0.315 e. The number of hydrogen-bond acceptors (Lipinski definition) is 4. The number of nitrogens with zero attached hydrogens (tertiary/aromatic N) is 1. The molecule has 6 nitrogen and oxygen atoms in total. The maximum Gasteiger partial charge on any atom is 0.315 e. The molecule has 6 heteroatoms. The second-order valence-corrected chi connectivity index (χ2v) is 6.89. The summed E-state index contributed by atoms with van der Waals surface area (Å²) < 4.78 is 10.7. The molecule has 1 heterocycles. The monoisotopic (exact) mass is 393 g/mol. The van der Waals surface area contributed by atoms with Crippen LogP contribution in [-0.2, 0) is 6.42 Å². The van der Waals surface area contributed by atoms with E-state index in [4.69, 9.17) is 9.15 Å². The summed E-state index contributed by atoms with van der Waals surface area (Å²) in [5, 5.41) is 5.90. The van der Waals surface area contributed by atoms with Crippen LogP contribution in [0, 0.1) is 6.92 Å². The molecule has 0 unspecified atom stereocenters. The first-order chi connectivity index (χ1) is 14.1. The molecule has 1 aromatic heterocycles. The minimum atomic E-state index is -0.199. The van der Waals surface area contributed by atoms with Gasteiger partial charge in [0.2, 0.25) is 5.89 Å². The zero-order valence-corrected chi connectivity index (χ0v) is 17.1. The van der Waals surface area contributed by atoms with Gasteiger partial charge in [-0.3, -0.25) is 0 Å². The highest BCUT2D eigenvalue weighted by molar-refractivity contribution is 5.74. The predicted octanol–water partition coefficient (Wildman–Crippen LogP) is 4.65. The summed E-state index contributed by atoms with van der Waals surface area (Å²) in [7, 11) is 1.64. The minimum absolute atomic E-state index is 0.0545. The van der Waals surface area contributed by atoms with Crippen molar-refractivity contribution in [3.8, 4) is 17.2 Å². The highest BCUT2D eigenvalue weighted by Crippen LogP contribution is 2.20. The second kappa shape index (κ2) is 9.78. The number of oxazole rings is 1. The van der Waals surface area contributed by atoms with Gasteiger partial charge in [0.05, 0.1) is 18.8 Å². The van der Waals surface area contributed by atoms with E-state index in [1.165, 1.54) is 5.56 Å². The minimum Gasteiger partial charge on any atom is -0.497 e. The summed E-state index contributed by atoms with van der Waals surface area (Å²) in [5.41, 5.74) is 3.99. The van der Waals surface area contributed by atoms with Crippen LogP contribution in [0.4, 0.5) is 4.79 Å². The normalized spacial score (nSPS) is 11.7. The van der Waals surface area contributed by atoms with E-state index < -0.39 is 0 Å². The molecule has 152 valence electrons. The number of nitrogens with one attached hydrogen (secondary N) is 2. The number of aryl methyl sites for hydroxylation is 1. The zero-order chi connectivity index (χ0) is 20.6. The lowest BCUT2D eigenvalue weighted by Crippen LogP contribution is -2.38. The van der Waals surface area contributed by atoms with E-state index in [0.29, 0.717) is 18.9 Å². The van der Waals surface area contributed by atoms with Gasteiger partial charge in [0.25, 0.3) is 0 Å². The van der Waals surface area contributed by atoms with Gasteiger partial charge in [0.15, 0.2) is 0 Å². The third-order valence-electron chi connectivity index (χ3n) is 4.75. The van der Waals surface area contributed by atoms with Crippen molar-refractivity contribution in [1.29, 1.82) is 0 Å². The summed E-state index contributed by atoms with van der Waals surface area (Å²) >= 11 is 0. The number of urea groups is 1. The van der Waals surface area contributed by atoms with Gasteiger partial charge in [-0.1, -0.05) is 36.8 Å². The van der Waals surface area contributed by atoms with Crippen molar-refractivity contribution in [2.45, 2.75) is 32.7 Å². The lowest BCUT2D eigenvalue weighted by Gasteiger charge is -2.18. The first kappa shape index (κ1) is 20.5. The van der Waals surface area contributed by atoms with Gasteiger partial charge in [0, 0.05) is 18.5 Å². The third kappa shape index (κ3) is 5.60. The first-order valence-electron chi connectivity index (χ1n) is 9.78. The standard InChI is InChI=1S/C23H27N3O3/c1-4-21(17-9-11-20(28-3)12-10-17)26-23(27)24-14-13-19-15-29-22(25-19)18-7-5-16(2)6-8-18/h5-12,15,21H,4,13-14H2,1-3H3,(H2,24,26,27)/t21-/m1/s1. The van der Waals surface area contributed by atoms with Gasteiger partial charge < -0.3 is 19.8 Å². The van der Waals surface area contributed by atoms with E-state index in [-0.39, 0.29) is 12.1 Å². The fraction of sp³-hybridized carbons (Fsp3) is 0.304. The zero-order valence-electron chi connectivity index (χ0n) is 17.1. The Kier molecular flexibility index (Phi) is 6.89. The lowest BCUT2D eigenvalue weighted by atomic mass is 10.0. The molecule has 0 aliphatic heterocycles. The molecule has 3 rings (SSSR count). The van der Waals surface area contributed by atoms with E-state index >= 15 is 0 Å². The van der Waals surface area contributed by atoms with Crippen molar-refractivity contribution in [2.75, 3.05) is 13.7 Å². The maximum absolute atomic E-state index is 12.3. The van der Waals surface area contributed by atoms with Crippen molar-refractivity contribution in [1.82, 2.24) is 15.6 Å². The Hall–Kier alpha value is -3.28. The molecule has 2 N–H and O–H groups in total. The Bertz CT molecular complexity index is 917. The van der Waals surface area contributed by atoms with Crippen LogP contribution >= 0.6 is 0 Å². The summed E-state index contributed by atoms with van der Waals surface area (Å²) in [6, 6.07) is 15.5. The van der Waals surface area contributed by atoms with Crippen LogP contribution in [0.5, 0.6) is 5.75 Å². The van der Waals surface area contributed by atoms with Gasteiger partial charge in [-0.2, -0.15) is 0 Å². The third-order valence-corrected chi connectivity index (χ3v) is 4.75. The van der Waals surface area contributed by atoms with Gasteiger partial charge in [-0.15, -0.1) is 0 Å². The van der Waals surface area contributed by atoms with Crippen molar-refractivity contribution >= 4 is 6.03 Å². The Morgan fingerprint density at radius 3 is 2.52 bits per heavy atom.